The number of alkyl carbamates (subject to hydrolysis) is 1. The SMILES string of the molecule is CCc1nc(NC(=O)[C@@H](COCc2ccccc2)NC(=O)C(C)(C)NC(=O)OC(C)(C)C)cn1SCC(C(=O)O)c1ccccc1. The molecule has 0 saturated heterocycles. The van der Waals surface area contributed by atoms with Gasteiger partial charge < -0.3 is 30.5 Å². The molecule has 0 spiro atoms. The van der Waals surface area contributed by atoms with Gasteiger partial charge in [-0.3, -0.25) is 18.4 Å². The normalized spacial score (nSPS) is 12.9. The zero-order valence-corrected chi connectivity index (χ0v) is 27.8. The maximum atomic E-state index is 13.5. The molecule has 0 saturated carbocycles. The van der Waals surface area contributed by atoms with E-state index in [0.717, 1.165) is 5.56 Å². The average molecular weight is 654 g/mol. The van der Waals surface area contributed by atoms with Gasteiger partial charge in [0.05, 0.1) is 25.3 Å². The summed E-state index contributed by atoms with van der Waals surface area (Å²) >= 11 is 1.27. The summed E-state index contributed by atoms with van der Waals surface area (Å²) in [7, 11) is 0. The minimum Gasteiger partial charge on any atom is -0.481 e. The van der Waals surface area contributed by atoms with E-state index in [1.807, 2.05) is 43.3 Å². The summed E-state index contributed by atoms with van der Waals surface area (Å²) in [4.78, 5) is 55.7. The van der Waals surface area contributed by atoms with E-state index < -0.39 is 47.0 Å². The predicted molar refractivity (Wildman–Crippen MR) is 176 cm³/mol. The Labute approximate surface area is 273 Å². The Kier molecular flexibility index (Phi) is 12.8. The lowest BCUT2D eigenvalue weighted by Gasteiger charge is -2.29. The Balaban J connectivity index is 1.74. The first kappa shape index (κ1) is 36.1. The number of aromatic nitrogens is 2. The van der Waals surface area contributed by atoms with Crippen LogP contribution in [0.3, 0.4) is 0 Å². The minimum absolute atomic E-state index is 0.164. The molecule has 3 aromatic rings. The second-order valence-electron chi connectivity index (χ2n) is 12.1. The molecule has 0 aliphatic rings. The Morgan fingerprint density at radius 1 is 0.978 bits per heavy atom. The van der Waals surface area contributed by atoms with E-state index in [0.29, 0.717) is 17.8 Å². The number of hydrogen-bond acceptors (Lipinski definition) is 8. The van der Waals surface area contributed by atoms with Crippen molar-refractivity contribution in [3.05, 3.63) is 83.8 Å². The van der Waals surface area contributed by atoms with Gasteiger partial charge in [-0.2, -0.15) is 0 Å². The van der Waals surface area contributed by atoms with Gasteiger partial charge >= 0.3 is 12.1 Å². The molecule has 1 heterocycles. The van der Waals surface area contributed by atoms with E-state index in [1.165, 1.54) is 25.8 Å². The highest BCUT2D eigenvalue weighted by Gasteiger charge is 2.35. The summed E-state index contributed by atoms with van der Waals surface area (Å²) in [6.07, 6.45) is 1.36. The molecule has 0 aliphatic heterocycles. The molecule has 2 atom stereocenters. The van der Waals surface area contributed by atoms with E-state index in [1.54, 1.807) is 55.2 Å². The smallest absolute Gasteiger partial charge is 0.408 e. The number of carbonyl (C=O) groups is 4. The lowest BCUT2D eigenvalue weighted by atomic mass is 10.0. The van der Waals surface area contributed by atoms with E-state index in [4.69, 9.17) is 9.47 Å². The van der Waals surface area contributed by atoms with Crippen molar-refractivity contribution < 1.29 is 33.8 Å². The largest absolute Gasteiger partial charge is 0.481 e. The van der Waals surface area contributed by atoms with Crippen LogP contribution in [0, 0.1) is 0 Å². The van der Waals surface area contributed by atoms with Gasteiger partial charge in [0.1, 0.15) is 23.0 Å². The zero-order valence-electron chi connectivity index (χ0n) is 27.0. The third-order valence-electron chi connectivity index (χ3n) is 6.59. The molecule has 46 heavy (non-hydrogen) atoms. The number of rotatable bonds is 15. The number of carboxylic acids is 1. The van der Waals surface area contributed by atoms with Crippen molar-refractivity contribution in [1.29, 1.82) is 0 Å². The number of hydrogen-bond donors (Lipinski definition) is 4. The summed E-state index contributed by atoms with van der Waals surface area (Å²) in [6.45, 7) is 10.1. The number of anilines is 1. The topological polar surface area (TPSA) is 161 Å². The maximum absolute atomic E-state index is 13.5. The van der Waals surface area contributed by atoms with Crippen LogP contribution >= 0.6 is 11.9 Å². The first-order valence-electron chi connectivity index (χ1n) is 14.9. The van der Waals surface area contributed by atoms with E-state index in [2.05, 4.69) is 20.9 Å². The first-order chi connectivity index (χ1) is 21.7. The number of nitrogens with one attached hydrogen (secondary N) is 3. The Morgan fingerprint density at radius 3 is 2.20 bits per heavy atom. The lowest BCUT2D eigenvalue weighted by molar-refractivity contribution is -0.138. The van der Waals surface area contributed by atoms with Crippen LogP contribution in [0.4, 0.5) is 10.6 Å². The number of aryl methyl sites for hydroxylation is 1. The van der Waals surface area contributed by atoms with Crippen molar-refractivity contribution in [3.8, 4) is 0 Å². The van der Waals surface area contributed by atoms with Gasteiger partial charge in [0.25, 0.3) is 5.91 Å². The molecule has 0 aliphatic carbocycles. The quantitative estimate of drug-likeness (QED) is 0.181. The summed E-state index contributed by atoms with van der Waals surface area (Å²) in [5, 5.41) is 17.8. The Morgan fingerprint density at radius 2 is 1.61 bits per heavy atom. The van der Waals surface area contributed by atoms with Crippen molar-refractivity contribution in [3.63, 3.8) is 0 Å². The van der Waals surface area contributed by atoms with E-state index >= 15 is 0 Å². The van der Waals surface area contributed by atoms with Gasteiger partial charge in [-0.25, -0.2) is 9.78 Å². The van der Waals surface area contributed by atoms with Gasteiger partial charge in [-0.1, -0.05) is 67.6 Å². The molecule has 248 valence electrons. The number of ether oxygens (including phenoxy) is 2. The molecule has 1 unspecified atom stereocenters. The molecule has 13 heteroatoms. The van der Waals surface area contributed by atoms with Gasteiger partial charge in [0.2, 0.25) is 5.91 Å². The molecule has 3 rings (SSSR count). The third-order valence-corrected chi connectivity index (χ3v) is 7.67. The van der Waals surface area contributed by atoms with Gasteiger partial charge in [-0.15, -0.1) is 0 Å². The Hall–Kier alpha value is -4.36. The summed E-state index contributed by atoms with van der Waals surface area (Å²) in [5.74, 6) is -1.80. The van der Waals surface area contributed by atoms with Crippen LogP contribution in [0.15, 0.2) is 66.9 Å². The van der Waals surface area contributed by atoms with Crippen molar-refractivity contribution >= 4 is 41.6 Å². The minimum atomic E-state index is -1.42. The molecule has 12 nitrogen and oxygen atoms in total. The average Bonchev–Trinajstić information content (AvgIpc) is 3.37. The van der Waals surface area contributed by atoms with Crippen LogP contribution in [-0.4, -0.2) is 67.5 Å². The fraction of sp³-hybridized carbons (Fsp3) is 0.424. The highest BCUT2D eigenvalue weighted by atomic mass is 32.2. The standard InChI is InChI=1S/C33H43N5O7S/c1-7-27-35-26(18-38(27)46-21-24(29(40)41)23-16-12-9-13-17-23)36-28(39)25(20-44-19-22-14-10-8-11-15-22)34-30(42)33(5,6)37-31(43)45-32(2,3)4/h8-18,24-25H,7,19-21H2,1-6H3,(H,34,42)(H,36,39)(H,37,43)(H,40,41)/t24?,25-/m1/s1. The van der Waals surface area contributed by atoms with Crippen LogP contribution < -0.4 is 16.0 Å². The monoisotopic (exact) mass is 653 g/mol. The maximum Gasteiger partial charge on any atom is 0.408 e. The number of benzene rings is 2. The number of amides is 3. The van der Waals surface area contributed by atoms with Crippen LogP contribution in [0.5, 0.6) is 0 Å². The van der Waals surface area contributed by atoms with Crippen molar-refractivity contribution in [2.24, 2.45) is 0 Å². The third kappa shape index (κ3) is 11.2. The molecule has 4 N–H and O–H groups in total. The fourth-order valence-corrected chi connectivity index (χ4v) is 5.32. The van der Waals surface area contributed by atoms with Gasteiger partial charge in [0, 0.05) is 12.2 Å². The first-order valence-corrected chi connectivity index (χ1v) is 15.9. The van der Waals surface area contributed by atoms with Gasteiger partial charge in [0.15, 0.2) is 5.82 Å². The Bertz CT molecular complexity index is 1470. The number of aliphatic carboxylic acids is 1. The second kappa shape index (κ2) is 16.3. The van der Waals surface area contributed by atoms with Crippen LogP contribution in [-0.2, 0) is 36.9 Å². The molecule has 2 aromatic carbocycles. The number of carbonyl (C=O) groups excluding carboxylic acids is 3. The molecule has 1 aromatic heterocycles. The summed E-state index contributed by atoms with van der Waals surface area (Å²) < 4.78 is 12.8. The number of imidazole rings is 1. The highest BCUT2D eigenvalue weighted by Crippen LogP contribution is 2.25. The number of carboxylic acid groups (broad SMARTS) is 1. The van der Waals surface area contributed by atoms with Crippen molar-refractivity contribution in [1.82, 2.24) is 19.6 Å². The summed E-state index contributed by atoms with van der Waals surface area (Å²) in [6, 6.07) is 17.2. The molecule has 0 fully saturated rings. The number of nitrogens with zero attached hydrogens (tertiary/aromatic N) is 2. The van der Waals surface area contributed by atoms with Crippen molar-refractivity contribution in [2.45, 2.75) is 77.7 Å². The van der Waals surface area contributed by atoms with E-state index in [-0.39, 0.29) is 24.8 Å². The predicted octanol–water partition coefficient (Wildman–Crippen LogP) is 4.75. The van der Waals surface area contributed by atoms with Crippen molar-refractivity contribution in [2.75, 3.05) is 17.7 Å². The second-order valence-corrected chi connectivity index (χ2v) is 13.1. The molecule has 3 amide bonds. The zero-order chi connectivity index (χ0) is 33.9. The molecular weight excluding hydrogens is 610 g/mol. The molecule has 0 radical (unpaired) electrons. The van der Waals surface area contributed by atoms with Crippen LogP contribution in [0.1, 0.15) is 64.4 Å². The summed E-state index contributed by atoms with van der Waals surface area (Å²) in [5.41, 5.74) is -0.613. The molecule has 0 bridgehead atoms. The van der Waals surface area contributed by atoms with Crippen LogP contribution in [0.25, 0.3) is 0 Å². The van der Waals surface area contributed by atoms with E-state index in [9.17, 15) is 24.3 Å². The van der Waals surface area contributed by atoms with Crippen LogP contribution in [0.2, 0.25) is 0 Å². The molecular formula is C33H43N5O7S. The highest BCUT2D eigenvalue weighted by molar-refractivity contribution is 7.97. The lowest BCUT2D eigenvalue weighted by Crippen LogP contribution is -2.59. The fourth-order valence-electron chi connectivity index (χ4n) is 4.18. The van der Waals surface area contributed by atoms with Gasteiger partial charge in [-0.05, 0) is 57.7 Å².